The number of ether oxygens (including phenoxy) is 1. The van der Waals surface area contributed by atoms with Crippen LogP contribution in [0.25, 0.3) is 0 Å². The first-order valence-corrected chi connectivity index (χ1v) is 10.2. The minimum absolute atomic E-state index is 0.0332. The molecule has 0 amide bonds. The number of hydrogen-bond donors (Lipinski definition) is 0. The highest BCUT2D eigenvalue weighted by Crippen LogP contribution is 2.20. The predicted octanol–water partition coefficient (Wildman–Crippen LogP) is 3.20. The minimum Gasteiger partial charge on any atom is -0.454 e. The molecule has 28 heavy (non-hydrogen) atoms. The van der Waals surface area contributed by atoms with E-state index in [-0.39, 0.29) is 16.0 Å². The molecule has 150 valence electrons. The van der Waals surface area contributed by atoms with Crippen LogP contribution >= 0.6 is 0 Å². The summed E-state index contributed by atoms with van der Waals surface area (Å²) in [6.07, 6.45) is 0. The largest absolute Gasteiger partial charge is 0.454 e. The van der Waals surface area contributed by atoms with E-state index in [1.807, 2.05) is 0 Å². The van der Waals surface area contributed by atoms with Gasteiger partial charge >= 0.3 is 5.97 Å². The van der Waals surface area contributed by atoms with Gasteiger partial charge in [0.2, 0.25) is 15.8 Å². The molecule has 2 aromatic carbocycles. The predicted molar refractivity (Wildman–Crippen MR) is 102 cm³/mol. The molecular weight excluding hydrogens is 385 g/mol. The Hall–Kier alpha value is -2.58. The van der Waals surface area contributed by atoms with Gasteiger partial charge in [-0.3, -0.25) is 4.79 Å². The minimum atomic E-state index is -3.74. The third kappa shape index (κ3) is 4.63. The lowest BCUT2D eigenvalue weighted by Crippen LogP contribution is -2.30. The van der Waals surface area contributed by atoms with E-state index in [9.17, 15) is 22.4 Å². The number of sulfonamides is 1. The summed E-state index contributed by atoms with van der Waals surface area (Å²) in [6.45, 7) is 5.01. The average Bonchev–Trinajstić information content (AvgIpc) is 2.67. The smallest absolute Gasteiger partial charge is 0.338 e. The summed E-state index contributed by atoms with van der Waals surface area (Å²) in [5.41, 5.74) is 0.362. The van der Waals surface area contributed by atoms with Crippen molar-refractivity contribution in [2.24, 2.45) is 0 Å². The van der Waals surface area contributed by atoms with Crippen LogP contribution in [0.15, 0.2) is 47.4 Å². The first kappa shape index (κ1) is 21.7. The second-order valence-electron chi connectivity index (χ2n) is 6.05. The average molecular weight is 407 g/mol. The highest BCUT2D eigenvalue weighted by molar-refractivity contribution is 7.89. The van der Waals surface area contributed by atoms with Gasteiger partial charge in [0.15, 0.2) is 6.61 Å². The highest BCUT2D eigenvalue weighted by atomic mass is 32.2. The second-order valence-corrected chi connectivity index (χ2v) is 7.98. The van der Waals surface area contributed by atoms with Crippen molar-refractivity contribution < 1.29 is 27.1 Å². The lowest BCUT2D eigenvalue weighted by molar-refractivity contribution is 0.0472. The van der Waals surface area contributed by atoms with E-state index < -0.39 is 34.2 Å². The molecule has 0 bridgehead atoms. The lowest BCUT2D eigenvalue weighted by Gasteiger charge is -2.19. The quantitative estimate of drug-likeness (QED) is 0.496. The number of hydrogen-bond acceptors (Lipinski definition) is 5. The molecule has 0 unspecified atom stereocenters. The molecule has 2 rings (SSSR count). The molecule has 8 heteroatoms. The molecule has 0 fully saturated rings. The Balaban J connectivity index is 2.22. The number of carbonyl (C=O) groups excluding carboxylic acids is 2. The van der Waals surface area contributed by atoms with E-state index in [1.165, 1.54) is 40.7 Å². The summed E-state index contributed by atoms with van der Waals surface area (Å²) in [7, 11) is -3.74. The molecule has 0 atom stereocenters. The molecule has 2 aromatic rings. The Morgan fingerprint density at radius 1 is 1.04 bits per heavy atom. The van der Waals surface area contributed by atoms with Crippen LogP contribution in [0.1, 0.15) is 40.1 Å². The van der Waals surface area contributed by atoms with E-state index in [0.717, 1.165) is 6.07 Å². The number of aryl methyl sites for hydroxylation is 1. The van der Waals surface area contributed by atoms with Crippen LogP contribution in [-0.2, 0) is 14.8 Å². The van der Waals surface area contributed by atoms with Crippen LogP contribution < -0.4 is 0 Å². The molecule has 0 aliphatic heterocycles. The number of benzene rings is 2. The molecule has 0 aliphatic rings. The second kappa shape index (κ2) is 9.07. The monoisotopic (exact) mass is 407 g/mol. The maximum atomic E-state index is 13.6. The molecule has 0 N–H and O–H groups in total. The zero-order valence-electron chi connectivity index (χ0n) is 15.9. The van der Waals surface area contributed by atoms with Gasteiger partial charge < -0.3 is 4.74 Å². The van der Waals surface area contributed by atoms with Crippen LogP contribution in [-0.4, -0.2) is 44.2 Å². The standard InChI is InChI=1S/C20H22FNO5S/c1-4-22(5-2)28(25,26)15-11-10-14(3)17(12-15)20(24)27-13-19(23)16-8-6-7-9-18(16)21/h6-12H,4-5,13H2,1-3H3. The summed E-state index contributed by atoms with van der Waals surface area (Å²) in [5, 5.41) is 0. The topological polar surface area (TPSA) is 80.8 Å². The van der Waals surface area contributed by atoms with Crippen molar-refractivity contribution in [3.05, 3.63) is 65.0 Å². The van der Waals surface area contributed by atoms with Gasteiger partial charge in [0.1, 0.15) is 5.82 Å². The zero-order valence-corrected chi connectivity index (χ0v) is 16.8. The summed E-state index contributed by atoms with van der Waals surface area (Å²) >= 11 is 0. The fourth-order valence-corrected chi connectivity index (χ4v) is 4.15. The van der Waals surface area contributed by atoms with Crippen LogP contribution in [0.3, 0.4) is 0 Å². The third-order valence-corrected chi connectivity index (χ3v) is 6.33. The number of nitrogens with zero attached hydrogens (tertiary/aromatic N) is 1. The number of halogens is 1. The molecule has 0 saturated carbocycles. The molecule has 0 spiro atoms. The first-order valence-electron chi connectivity index (χ1n) is 8.78. The third-order valence-electron chi connectivity index (χ3n) is 4.28. The van der Waals surface area contributed by atoms with Gasteiger partial charge in [-0.05, 0) is 36.8 Å². The Morgan fingerprint density at radius 2 is 1.68 bits per heavy atom. The summed E-state index contributed by atoms with van der Waals surface area (Å²) in [5.74, 6) is -2.23. The van der Waals surface area contributed by atoms with Gasteiger partial charge in [0, 0.05) is 13.1 Å². The zero-order chi connectivity index (χ0) is 20.9. The Bertz CT molecular complexity index is 984. The molecule has 0 heterocycles. The fourth-order valence-electron chi connectivity index (χ4n) is 2.67. The summed E-state index contributed by atoms with van der Waals surface area (Å²) in [6, 6.07) is 9.55. The van der Waals surface area contributed by atoms with E-state index in [0.29, 0.717) is 18.7 Å². The van der Waals surface area contributed by atoms with Crippen molar-refractivity contribution in [2.75, 3.05) is 19.7 Å². The van der Waals surface area contributed by atoms with Crippen molar-refractivity contribution >= 4 is 21.8 Å². The van der Waals surface area contributed by atoms with Crippen LogP contribution in [0, 0.1) is 12.7 Å². The molecule has 0 radical (unpaired) electrons. The summed E-state index contributed by atoms with van der Waals surface area (Å²) < 4.78 is 45.2. The van der Waals surface area contributed by atoms with E-state index >= 15 is 0 Å². The van der Waals surface area contributed by atoms with Gasteiger partial charge in [-0.15, -0.1) is 0 Å². The molecule has 0 saturated heterocycles. The maximum Gasteiger partial charge on any atom is 0.338 e. The van der Waals surface area contributed by atoms with Gasteiger partial charge in [-0.1, -0.05) is 32.0 Å². The normalized spacial score (nSPS) is 11.5. The number of ketones is 1. The Labute approximate surface area is 164 Å². The fraction of sp³-hybridized carbons (Fsp3) is 0.300. The molecule has 0 aliphatic carbocycles. The number of rotatable bonds is 8. The SMILES string of the molecule is CCN(CC)S(=O)(=O)c1ccc(C)c(C(=O)OCC(=O)c2ccccc2F)c1. The Morgan fingerprint density at radius 3 is 2.29 bits per heavy atom. The number of esters is 1. The van der Waals surface area contributed by atoms with Crippen molar-refractivity contribution in [1.29, 1.82) is 0 Å². The van der Waals surface area contributed by atoms with Crippen LogP contribution in [0.4, 0.5) is 4.39 Å². The van der Waals surface area contributed by atoms with Crippen molar-refractivity contribution in [1.82, 2.24) is 4.31 Å². The molecular formula is C20H22FNO5S. The van der Waals surface area contributed by atoms with Crippen LogP contribution in [0.2, 0.25) is 0 Å². The van der Waals surface area contributed by atoms with Crippen LogP contribution in [0.5, 0.6) is 0 Å². The van der Waals surface area contributed by atoms with E-state index in [4.69, 9.17) is 4.74 Å². The molecule has 0 aromatic heterocycles. The highest BCUT2D eigenvalue weighted by Gasteiger charge is 2.24. The number of carbonyl (C=O) groups is 2. The van der Waals surface area contributed by atoms with E-state index in [1.54, 1.807) is 20.8 Å². The van der Waals surface area contributed by atoms with Gasteiger partial charge in [0.25, 0.3) is 0 Å². The van der Waals surface area contributed by atoms with Gasteiger partial charge in [-0.25, -0.2) is 17.6 Å². The van der Waals surface area contributed by atoms with Crippen molar-refractivity contribution in [3.8, 4) is 0 Å². The van der Waals surface area contributed by atoms with Gasteiger partial charge in [0.05, 0.1) is 16.0 Å². The number of Topliss-reactive ketones (excluding diaryl/α,β-unsaturated/α-hetero) is 1. The van der Waals surface area contributed by atoms with Crippen molar-refractivity contribution in [2.45, 2.75) is 25.7 Å². The lowest BCUT2D eigenvalue weighted by atomic mass is 10.1. The maximum absolute atomic E-state index is 13.6. The van der Waals surface area contributed by atoms with E-state index in [2.05, 4.69) is 0 Å². The molecule has 6 nitrogen and oxygen atoms in total. The first-order chi connectivity index (χ1) is 13.2. The summed E-state index contributed by atoms with van der Waals surface area (Å²) in [4.78, 5) is 24.4. The van der Waals surface area contributed by atoms with Crippen molar-refractivity contribution in [3.63, 3.8) is 0 Å². The Kier molecular flexibility index (Phi) is 7.04. The van der Waals surface area contributed by atoms with Gasteiger partial charge in [-0.2, -0.15) is 4.31 Å².